The number of aromatic nitrogens is 2. The monoisotopic (exact) mass is 301 g/mol. The smallest absolute Gasteiger partial charge is 0.114 e. The quantitative estimate of drug-likeness (QED) is 0.786. The molecule has 4 heteroatoms. The SMILES string of the molecule is CCCNC(CSc1cnccn1)c1ccc(C)c(C)c1. The molecule has 0 aliphatic heterocycles. The van der Waals surface area contributed by atoms with Crippen molar-refractivity contribution in [1.29, 1.82) is 0 Å². The molecule has 0 saturated heterocycles. The fourth-order valence-corrected chi connectivity index (χ4v) is 3.02. The van der Waals surface area contributed by atoms with E-state index in [4.69, 9.17) is 0 Å². The molecule has 0 radical (unpaired) electrons. The van der Waals surface area contributed by atoms with E-state index in [9.17, 15) is 0 Å². The zero-order valence-corrected chi connectivity index (χ0v) is 13.8. The Morgan fingerprint density at radius 1 is 1.19 bits per heavy atom. The summed E-state index contributed by atoms with van der Waals surface area (Å²) in [6, 6.07) is 7.07. The van der Waals surface area contributed by atoms with Crippen LogP contribution in [0.5, 0.6) is 0 Å². The van der Waals surface area contributed by atoms with E-state index in [-0.39, 0.29) is 0 Å². The van der Waals surface area contributed by atoms with Crippen LogP contribution in [-0.2, 0) is 0 Å². The highest BCUT2D eigenvalue weighted by molar-refractivity contribution is 7.99. The van der Waals surface area contributed by atoms with E-state index in [1.54, 1.807) is 24.2 Å². The van der Waals surface area contributed by atoms with Crippen molar-refractivity contribution in [2.24, 2.45) is 0 Å². The molecule has 1 N–H and O–H groups in total. The molecule has 0 fully saturated rings. The number of rotatable bonds is 7. The molecule has 1 unspecified atom stereocenters. The molecule has 0 aliphatic rings. The van der Waals surface area contributed by atoms with Crippen LogP contribution in [0.25, 0.3) is 0 Å². The number of thioether (sulfide) groups is 1. The third kappa shape index (κ3) is 4.83. The third-order valence-electron chi connectivity index (χ3n) is 3.51. The van der Waals surface area contributed by atoms with Gasteiger partial charge in [0.2, 0.25) is 0 Å². The van der Waals surface area contributed by atoms with Gasteiger partial charge in [0.1, 0.15) is 5.03 Å². The summed E-state index contributed by atoms with van der Waals surface area (Å²) in [7, 11) is 0. The number of benzene rings is 1. The van der Waals surface area contributed by atoms with Crippen LogP contribution in [0.15, 0.2) is 41.8 Å². The number of nitrogens with zero attached hydrogens (tertiary/aromatic N) is 2. The largest absolute Gasteiger partial charge is 0.309 e. The van der Waals surface area contributed by atoms with Crippen LogP contribution >= 0.6 is 11.8 Å². The fourth-order valence-electron chi connectivity index (χ4n) is 2.10. The highest BCUT2D eigenvalue weighted by Gasteiger charge is 2.12. The second-order valence-electron chi connectivity index (χ2n) is 5.21. The van der Waals surface area contributed by atoms with Crippen LogP contribution in [0.1, 0.15) is 36.1 Å². The van der Waals surface area contributed by atoms with Crippen molar-refractivity contribution in [2.45, 2.75) is 38.3 Å². The van der Waals surface area contributed by atoms with Crippen LogP contribution in [0.2, 0.25) is 0 Å². The average Bonchev–Trinajstić information content (AvgIpc) is 2.51. The van der Waals surface area contributed by atoms with Crippen molar-refractivity contribution >= 4 is 11.8 Å². The Morgan fingerprint density at radius 3 is 2.71 bits per heavy atom. The molecule has 21 heavy (non-hydrogen) atoms. The predicted molar refractivity (Wildman–Crippen MR) is 89.7 cm³/mol. The molecule has 0 amide bonds. The molecule has 0 saturated carbocycles. The predicted octanol–water partition coefficient (Wildman–Crippen LogP) is 3.93. The number of hydrogen-bond acceptors (Lipinski definition) is 4. The van der Waals surface area contributed by atoms with Crippen LogP contribution in [0.3, 0.4) is 0 Å². The second-order valence-corrected chi connectivity index (χ2v) is 6.25. The molecule has 1 atom stereocenters. The molecule has 1 heterocycles. The lowest BCUT2D eigenvalue weighted by atomic mass is 10.0. The first kappa shape index (κ1) is 16.0. The Hall–Kier alpha value is -1.39. The number of aryl methyl sites for hydroxylation is 2. The van der Waals surface area contributed by atoms with E-state index in [1.165, 1.54) is 16.7 Å². The summed E-state index contributed by atoms with van der Waals surface area (Å²) < 4.78 is 0. The van der Waals surface area contributed by atoms with Crippen LogP contribution in [-0.4, -0.2) is 22.3 Å². The van der Waals surface area contributed by atoms with Crippen molar-refractivity contribution < 1.29 is 0 Å². The highest BCUT2D eigenvalue weighted by Crippen LogP contribution is 2.24. The van der Waals surface area contributed by atoms with Crippen LogP contribution < -0.4 is 5.32 Å². The molecular formula is C17H23N3S. The standard InChI is InChI=1S/C17H23N3S/c1-4-7-19-16(12-21-17-11-18-8-9-20-17)15-6-5-13(2)14(3)10-15/h5-6,8-11,16,19H,4,7,12H2,1-3H3. The maximum atomic E-state index is 4.33. The lowest BCUT2D eigenvalue weighted by Crippen LogP contribution is -2.24. The van der Waals surface area contributed by atoms with Gasteiger partial charge in [-0.3, -0.25) is 4.98 Å². The van der Waals surface area contributed by atoms with Gasteiger partial charge in [-0.15, -0.1) is 11.8 Å². The molecule has 2 rings (SSSR count). The first-order valence-electron chi connectivity index (χ1n) is 7.40. The Kier molecular flexibility index (Phi) is 6.21. The summed E-state index contributed by atoms with van der Waals surface area (Å²) in [5.41, 5.74) is 4.04. The van der Waals surface area contributed by atoms with Gasteiger partial charge in [-0.1, -0.05) is 25.1 Å². The lowest BCUT2D eigenvalue weighted by molar-refractivity contribution is 0.577. The third-order valence-corrected chi connectivity index (χ3v) is 4.52. The normalized spacial score (nSPS) is 12.3. The maximum Gasteiger partial charge on any atom is 0.114 e. The Morgan fingerprint density at radius 2 is 2.05 bits per heavy atom. The van der Waals surface area contributed by atoms with Gasteiger partial charge >= 0.3 is 0 Å². The molecule has 1 aromatic heterocycles. The summed E-state index contributed by atoms with van der Waals surface area (Å²) >= 11 is 1.75. The molecule has 3 nitrogen and oxygen atoms in total. The average molecular weight is 301 g/mol. The van der Waals surface area contributed by atoms with E-state index in [2.05, 4.69) is 54.3 Å². The summed E-state index contributed by atoms with van der Waals surface area (Å²) in [5, 5.41) is 4.61. The van der Waals surface area contributed by atoms with Gasteiger partial charge < -0.3 is 5.32 Å². The summed E-state index contributed by atoms with van der Waals surface area (Å²) in [6.45, 7) is 7.55. The maximum absolute atomic E-state index is 4.33. The highest BCUT2D eigenvalue weighted by atomic mass is 32.2. The summed E-state index contributed by atoms with van der Waals surface area (Å²) in [5.74, 6) is 0.960. The van der Waals surface area contributed by atoms with Crippen molar-refractivity contribution in [3.05, 3.63) is 53.5 Å². The van der Waals surface area contributed by atoms with E-state index in [0.717, 1.165) is 23.7 Å². The zero-order chi connectivity index (χ0) is 15.1. The molecule has 112 valence electrons. The Balaban J connectivity index is 2.08. The first-order chi connectivity index (χ1) is 10.2. The lowest BCUT2D eigenvalue weighted by Gasteiger charge is -2.19. The van der Waals surface area contributed by atoms with E-state index >= 15 is 0 Å². The topological polar surface area (TPSA) is 37.8 Å². The van der Waals surface area contributed by atoms with Crippen molar-refractivity contribution in [2.75, 3.05) is 12.3 Å². The zero-order valence-electron chi connectivity index (χ0n) is 13.0. The molecule has 1 aromatic carbocycles. The van der Waals surface area contributed by atoms with E-state index in [1.807, 2.05) is 6.20 Å². The molecule has 0 bridgehead atoms. The molecule has 0 spiro atoms. The van der Waals surface area contributed by atoms with E-state index < -0.39 is 0 Å². The van der Waals surface area contributed by atoms with E-state index in [0.29, 0.717) is 6.04 Å². The molecule has 0 aliphatic carbocycles. The van der Waals surface area contributed by atoms with Crippen molar-refractivity contribution in [3.63, 3.8) is 0 Å². The number of nitrogens with one attached hydrogen (secondary N) is 1. The first-order valence-corrected chi connectivity index (χ1v) is 8.38. The molecular weight excluding hydrogens is 278 g/mol. The fraction of sp³-hybridized carbons (Fsp3) is 0.412. The Bertz CT molecular complexity index is 557. The Labute approximate surface area is 131 Å². The molecule has 2 aromatic rings. The van der Waals surface area contributed by atoms with Gasteiger partial charge in [-0.25, -0.2) is 4.98 Å². The van der Waals surface area contributed by atoms with Gasteiger partial charge in [0.25, 0.3) is 0 Å². The minimum Gasteiger partial charge on any atom is -0.309 e. The van der Waals surface area contributed by atoms with Crippen LogP contribution in [0, 0.1) is 13.8 Å². The summed E-state index contributed by atoms with van der Waals surface area (Å²) in [4.78, 5) is 8.45. The van der Waals surface area contributed by atoms with Gasteiger partial charge in [0, 0.05) is 24.2 Å². The second kappa shape index (κ2) is 8.15. The van der Waals surface area contributed by atoms with Crippen molar-refractivity contribution in [1.82, 2.24) is 15.3 Å². The van der Waals surface area contributed by atoms with Crippen LogP contribution in [0.4, 0.5) is 0 Å². The minimum absolute atomic E-state index is 0.344. The van der Waals surface area contributed by atoms with Gasteiger partial charge in [0.15, 0.2) is 0 Å². The van der Waals surface area contributed by atoms with Gasteiger partial charge in [0.05, 0.1) is 6.20 Å². The number of hydrogen-bond donors (Lipinski definition) is 1. The summed E-state index contributed by atoms with van der Waals surface area (Å²) in [6.07, 6.45) is 6.41. The van der Waals surface area contributed by atoms with Gasteiger partial charge in [-0.2, -0.15) is 0 Å². The van der Waals surface area contributed by atoms with Crippen molar-refractivity contribution in [3.8, 4) is 0 Å². The minimum atomic E-state index is 0.344. The van der Waals surface area contributed by atoms with Gasteiger partial charge in [-0.05, 0) is 43.5 Å².